The molecule has 0 aromatic carbocycles. The second-order valence-corrected chi connectivity index (χ2v) is 26.8. The predicted molar refractivity (Wildman–Crippen MR) is 225 cm³/mol. The molecule has 0 amide bonds. The Labute approximate surface area is 313 Å². The number of allylic oxidation sites excluding steroid dienone is 6. The Kier molecular flexibility index (Phi) is 11.1. The molecular weight excluding hydrogens is 825 g/mol. The van der Waals surface area contributed by atoms with E-state index in [0.717, 1.165) is 0 Å². The molecule has 0 spiro atoms. The molecule has 0 atom stereocenters. The van der Waals surface area contributed by atoms with Gasteiger partial charge in [0.1, 0.15) is 0 Å². The third-order valence-corrected chi connectivity index (χ3v) is 25.1. The maximum atomic E-state index is 2.39. The zero-order chi connectivity index (χ0) is 27.9. The van der Waals surface area contributed by atoms with Crippen molar-refractivity contribution in [3.63, 3.8) is 0 Å². The highest BCUT2D eigenvalue weighted by molar-refractivity contribution is 8.51. The van der Waals surface area contributed by atoms with Gasteiger partial charge < -0.3 is 0 Å². The molecule has 0 aromatic rings. The van der Waals surface area contributed by atoms with Crippen molar-refractivity contribution in [2.75, 3.05) is 0 Å². The lowest BCUT2D eigenvalue weighted by molar-refractivity contribution is 1.74. The number of thioether (sulfide) groups is 16. The first-order valence-electron chi connectivity index (χ1n) is 11.7. The van der Waals surface area contributed by atoms with E-state index in [2.05, 4.69) is 67.6 Å². The topological polar surface area (TPSA) is 0 Å². The molecule has 16 heteroatoms. The third kappa shape index (κ3) is 7.44. The maximum Gasteiger partial charge on any atom is 0.0718 e. The fourth-order valence-corrected chi connectivity index (χ4v) is 23.2. The Morgan fingerprint density at radius 2 is 0.571 bits per heavy atom. The van der Waals surface area contributed by atoms with Crippen molar-refractivity contribution in [1.29, 1.82) is 0 Å². The van der Waals surface area contributed by atoms with E-state index in [1.807, 2.05) is 188 Å². The SMILES string of the molecule is C1=CSC(=CC(C=C2SC3=C(S2)SC(=C2SC4=C(SC(=CC(C=C5SC=CS5)=C5SC=CS5)S4)S2)S3)=C2SC=CS2)S1. The molecule has 8 aliphatic rings. The van der Waals surface area contributed by atoms with Crippen LogP contribution < -0.4 is 0 Å². The van der Waals surface area contributed by atoms with Crippen molar-refractivity contribution in [3.05, 3.63) is 130 Å². The van der Waals surface area contributed by atoms with E-state index in [4.69, 9.17) is 0 Å². The van der Waals surface area contributed by atoms with Gasteiger partial charge in [-0.15, -0.1) is 0 Å². The van der Waals surface area contributed by atoms with E-state index < -0.39 is 0 Å². The van der Waals surface area contributed by atoms with E-state index in [1.165, 1.54) is 62.0 Å². The van der Waals surface area contributed by atoms with Crippen LogP contribution in [0.3, 0.4) is 0 Å². The first-order chi connectivity index (χ1) is 20.7. The summed E-state index contributed by atoms with van der Waals surface area (Å²) in [5.41, 5.74) is 2.65. The van der Waals surface area contributed by atoms with E-state index in [9.17, 15) is 0 Å². The maximum absolute atomic E-state index is 2.39. The van der Waals surface area contributed by atoms with Crippen LogP contribution in [-0.4, -0.2) is 0 Å². The molecular formula is C26H12S16. The number of rotatable bonds is 4. The van der Waals surface area contributed by atoms with Crippen LogP contribution in [0.5, 0.6) is 0 Å². The zero-order valence-corrected chi connectivity index (χ0v) is 33.5. The Morgan fingerprint density at radius 1 is 0.310 bits per heavy atom. The van der Waals surface area contributed by atoms with Crippen molar-refractivity contribution in [2.45, 2.75) is 0 Å². The van der Waals surface area contributed by atoms with Crippen LogP contribution in [-0.2, 0) is 0 Å². The highest BCUT2D eigenvalue weighted by Crippen LogP contribution is 2.73. The molecule has 0 radical (unpaired) electrons. The minimum absolute atomic E-state index is 1.33. The van der Waals surface area contributed by atoms with Crippen molar-refractivity contribution in [3.8, 4) is 0 Å². The normalized spacial score (nSPS) is 24.1. The van der Waals surface area contributed by atoms with Gasteiger partial charge in [-0.1, -0.05) is 188 Å². The zero-order valence-electron chi connectivity index (χ0n) is 20.5. The Morgan fingerprint density at radius 3 is 0.905 bits per heavy atom. The molecule has 8 aliphatic heterocycles. The van der Waals surface area contributed by atoms with Gasteiger partial charge in [0.25, 0.3) is 0 Å². The summed E-state index contributed by atoms with van der Waals surface area (Å²) in [6.45, 7) is 0. The van der Waals surface area contributed by atoms with Crippen molar-refractivity contribution < 1.29 is 0 Å². The Balaban J connectivity index is 0.918. The Bertz CT molecular complexity index is 1460. The fourth-order valence-electron chi connectivity index (χ4n) is 3.57. The second kappa shape index (κ2) is 14.8. The standard InChI is InChI=1S/C26H12S16/c1-2-28-15(27-1)9-13(19-31-5-6-32-19)11-17-35-21-22(36-17)40-25(39-21)26-41-23-24(42-26)38-18(37-23)12-14(20-33-7-8-34-20)10-16-29-3-4-30-16/h1-12H. The average Bonchev–Trinajstić information content (AvgIpc) is 3.81. The summed E-state index contributed by atoms with van der Waals surface area (Å²) in [5.74, 6) is 0. The highest BCUT2D eigenvalue weighted by atomic mass is 32.3. The van der Waals surface area contributed by atoms with Crippen LogP contribution in [0.15, 0.2) is 130 Å². The van der Waals surface area contributed by atoms with Gasteiger partial charge in [0.05, 0.1) is 42.4 Å². The Hall–Kier alpha value is 2.22. The van der Waals surface area contributed by atoms with Gasteiger partial charge in [-0.05, 0) is 78.7 Å². The summed E-state index contributed by atoms with van der Waals surface area (Å²) in [5, 5.41) is 17.4. The smallest absolute Gasteiger partial charge is 0.0718 e. The van der Waals surface area contributed by atoms with Gasteiger partial charge in [0, 0.05) is 8.47 Å². The summed E-state index contributed by atoms with van der Waals surface area (Å²) < 4.78 is 16.9. The molecule has 8 rings (SSSR count). The van der Waals surface area contributed by atoms with Gasteiger partial charge in [-0.3, -0.25) is 0 Å². The van der Waals surface area contributed by atoms with Crippen molar-refractivity contribution in [2.24, 2.45) is 0 Å². The van der Waals surface area contributed by atoms with Gasteiger partial charge in [0.15, 0.2) is 0 Å². The number of hydrogen-bond acceptors (Lipinski definition) is 16. The lowest BCUT2D eigenvalue weighted by atomic mass is 10.3. The van der Waals surface area contributed by atoms with Gasteiger partial charge in [-0.2, -0.15) is 0 Å². The first kappa shape index (κ1) is 31.5. The van der Waals surface area contributed by atoms with Gasteiger partial charge >= 0.3 is 0 Å². The van der Waals surface area contributed by atoms with Gasteiger partial charge in [-0.25, -0.2) is 0 Å². The quantitative estimate of drug-likeness (QED) is 0.263. The van der Waals surface area contributed by atoms with Crippen LogP contribution in [0.4, 0.5) is 0 Å². The summed E-state index contributed by atoms with van der Waals surface area (Å²) in [6.07, 6.45) is 9.49. The lowest BCUT2D eigenvalue weighted by Gasteiger charge is -2.09. The molecule has 0 unspecified atom stereocenters. The molecule has 212 valence electrons. The molecule has 0 N–H and O–H groups in total. The summed E-state index contributed by atoms with van der Waals surface area (Å²) in [6, 6.07) is 0. The van der Waals surface area contributed by atoms with Crippen LogP contribution in [0, 0.1) is 0 Å². The largest absolute Gasteiger partial charge is 0.0902 e. The van der Waals surface area contributed by atoms with E-state index in [0.29, 0.717) is 0 Å². The number of hydrogen-bond donors (Lipinski definition) is 0. The minimum atomic E-state index is 1.33. The third-order valence-electron chi connectivity index (χ3n) is 5.24. The average molecular weight is 837 g/mol. The first-order valence-corrected chi connectivity index (χ1v) is 25.2. The molecule has 42 heavy (non-hydrogen) atoms. The van der Waals surface area contributed by atoms with Crippen molar-refractivity contribution >= 4 is 188 Å². The molecule has 0 fully saturated rings. The van der Waals surface area contributed by atoms with Crippen LogP contribution in [0.2, 0.25) is 0 Å². The second-order valence-electron chi connectivity index (χ2n) is 7.91. The molecule has 0 aromatic heterocycles. The fraction of sp³-hybridized carbons (Fsp3) is 0. The summed E-state index contributed by atoms with van der Waals surface area (Å²) in [7, 11) is 0. The summed E-state index contributed by atoms with van der Waals surface area (Å²) in [4.78, 5) is 0. The molecule has 0 bridgehead atoms. The highest BCUT2D eigenvalue weighted by Gasteiger charge is 2.37. The molecule has 0 aliphatic carbocycles. The monoisotopic (exact) mass is 836 g/mol. The molecule has 0 nitrogen and oxygen atoms in total. The molecule has 0 saturated heterocycles. The van der Waals surface area contributed by atoms with Crippen molar-refractivity contribution in [1.82, 2.24) is 0 Å². The van der Waals surface area contributed by atoms with Crippen LogP contribution in [0.25, 0.3) is 0 Å². The summed E-state index contributed by atoms with van der Waals surface area (Å²) >= 11 is 30.2. The van der Waals surface area contributed by atoms with Gasteiger partial charge in [0.2, 0.25) is 0 Å². The molecule has 8 heterocycles. The van der Waals surface area contributed by atoms with Crippen LogP contribution in [0.1, 0.15) is 0 Å². The lowest BCUT2D eigenvalue weighted by Crippen LogP contribution is -1.79. The van der Waals surface area contributed by atoms with Crippen LogP contribution >= 0.6 is 188 Å². The predicted octanol–water partition coefficient (Wildman–Crippen LogP) is 15.9. The minimum Gasteiger partial charge on any atom is -0.0902 e. The van der Waals surface area contributed by atoms with E-state index in [-0.39, 0.29) is 0 Å². The van der Waals surface area contributed by atoms with E-state index in [1.54, 1.807) is 0 Å². The molecule has 0 saturated carbocycles. The van der Waals surface area contributed by atoms with E-state index >= 15 is 0 Å².